The second-order valence-corrected chi connectivity index (χ2v) is 7.19. The van der Waals surface area contributed by atoms with E-state index >= 15 is 0 Å². The van der Waals surface area contributed by atoms with Gasteiger partial charge in [-0.3, -0.25) is 0 Å². The number of aromatic nitrogens is 3. The maximum absolute atomic E-state index is 12.5. The quantitative estimate of drug-likeness (QED) is 0.841. The summed E-state index contributed by atoms with van der Waals surface area (Å²) >= 11 is 0. The number of carbonyl (C=O) groups excluding carboxylic acids is 1. The van der Waals surface area contributed by atoms with E-state index in [9.17, 15) is 4.79 Å². The molecule has 1 N–H and O–H groups in total. The summed E-state index contributed by atoms with van der Waals surface area (Å²) in [6, 6.07) is 0.00200. The van der Waals surface area contributed by atoms with Crippen LogP contribution in [0.5, 0.6) is 0 Å². The highest BCUT2D eigenvalue weighted by Gasteiger charge is 2.41. The molecule has 0 aromatic carbocycles. The first-order chi connectivity index (χ1) is 12.1. The SMILES string of the molecule is COCCn1cnnc1CN(C)C(=O)N[C@H]1COC2(CCCCC2)C1. The minimum atomic E-state index is -0.0947. The van der Waals surface area contributed by atoms with Gasteiger partial charge in [-0.15, -0.1) is 10.2 Å². The molecule has 140 valence electrons. The van der Waals surface area contributed by atoms with E-state index in [4.69, 9.17) is 9.47 Å². The van der Waals surface area contributed by atoms with Gasteiger partial charge in [-0.2, -0.15) is 0 Å². The summed E-state index contributed by atoms with van der Waals surface area (Å²) in [5.41, 5.74) is 0.00902. The zero-order chi connectivity index (χ0) is 17.7. The van der Waals surface area contributed by atoms with Gasteiger partial charge < -0.3 is 24.3 Å². The van der Waals surface area contributed by atoms with Crippen molar-refractivity contribution in [3.63, 3.8) is 0 Å². The van der Waals surface area contributed by atoms with Crippen molar-refractivity contribution in [3.8, 4) is 0 Å². The fraction of sp³-hybridized carbons (Fsp3) is 0.824. The predicted molar refractivity (Wildman–Crippen MR) is 92.1 cm³/mol. The molecule has 1 spiro atoms. The van der Waals surface area contributed by atoms with Crippen LogP contribution < -0.4 is 5.32 Å². The van der Waals surface area contributed by atoms with Gasteiger partial charge in [0.2, 0.25) is 0 Å². The second kappa shape index (κ2) is 8.14. The Hall–Kier alpha value is -1.67. The third kappa shape index (κ3) is 4.49. The summed E-state index contributed by atoms with van der Waals surface area (Å²) in [6.45, 7) is 2.29. The van der Waals surface area contributed by atoms with Crippen LogP contribution in [0.4, 0.5) is 4.79 Å². The van der Waals surface area contributed by atoms with Crippen LogP contribution in [0, 0.1) is 0 Å². The molecule has 1 saturated carbocycles. The van der Waals surface area contributed by atoms with E-state index < -0.39 is 0 Å². The Morgan fingerprint density at radius 3 is 3.04 bits per heavy atom. The zero-order valence-electron chi connectivity index (χ0n) is 15.2. The molecule has 8 nitrogen and oxygen atoms in total. The standard InChI is InChI=1S/C17H29N5O3/c1-21(11-15-20-18-13-22(15)8-9-24-2)16(23)19-14-10-17(25-12-14)6-4-3-5-7-17/h13-14H,3-12H2,1-2H3,(H,19,23)/t14-/m1/s1. The number of methoxy groups -OCH3 is 1. The molecule has 2 amide bonds. The van der Waals surface area contributed by atoms with Gasteiger partial charge in [-0.25, -0.2) is 4.79 Å². The van der Waals surface area contributed by atoms with Crippen LogP contribution in [0.3, 0.4) is 0 Å². The fourth-order valence-electron chi connectivity index (χ4n) is 3.83. The van der Waals surface area contributed by atoms with Crippen LogP contribution in [0.25, 0.3) is 0 Å². The van der Waals surface area contributed by atoms with E-state index in [2.05, 4.69) is 15.5 Å². The number of nitrogens with zero attached hydrogens (tertiary/aromatic N) is 4. The predicted octanol–water partition coefficient (Wildman–Crippen LogP) is 1.56. The Bertz CT molecular complexity index is 570. The molecule has 2 aliphatic rings. The molecular weight excluding hydrogens is 322 g/mol. The average Bonchev–Trinajstić information content (AvgIpc) is 3.21. The highest BCUT2D eigenvalue weighted by Crippen LogP contribution is 2.39. The van der Waals surface area contributed by atoms with Crippen LogP contribution in [0.1, 0.15) is 44.3 Å². The summed E-state index contributed by atoms with van der Waals surface area (Å²) < 4.78 is 13.1. The van der Waals surface area contributed by atoms with E-state index in [1.807, 2.05) is 4.57 Å². The van der Waals surface area contributed by atoms with Crippen molar-refractivity contribution in [2.75, 3.05) is 27.4 Å². The first kappa shape index (κ1) is 18.1. The van der Waals surface area contributed by atoms with Crippen molar-refractivity contribution in [2.45, 2.75) is 63.3 Å². The Morgan fingerprint density at radius 2 is 2.28 bits per heavy atom. The van der Waals surface area contributed by atoms with E-state index in [-0.39, 0.29) is 17.7 Å². The smallest absolute Gasteiger partial charge is 0.317 e. The van der Waals surface area contributed by atoms with Crippen molar-refractivity contribution in [1.29, 1.82) is 0 Å². The monoisotopic (exact) mass is 351 g/mol. The molecule has 0 radical (unpaired) electrons. The first-order valence-electron chi connectivity index (χ1n) is 9.13. The molecule has 1 saturated heterocycles. The summed E-state index contributed by atoms with van der Waals surface area (Å²) in [5.74, 6) is 0.751. The number of hydrogen-bond donors (Lipinski definition) is 1. The third-order valence-electron chi connectivity index (χ3n) is 5.26. The Balaban J connectivity index is 1.49. The van der Waals surface area contributed by atoms with E-state index in [0.29, 0.717) is 26.3 Å². The Morgan fingerprint density at radius 1 is 1.48 bits per heavy atom. The molecule has 1 atom stereocenters. The van der Waals surface area contributed by atoms with Gasteiger partial charge in [0, 0.05) is 20.7 Å². The second-order valence-electron chi connectivity index (χ2n) is 7.19. The molecule has 1 aromatic rings. The summed E-state index contributed by atoms with van der Waals surface area (Å²) in [5, 5.41) is 11.1. The van der Waals surface area contributed by atoms with Gasteiger partial charge in [-0.05, 0) is 19.3 Å². The van der Waals surface area contributed by atoms with Crippen molar-refractivity contribution in [3.05, 3.63) is 12.2 Å². The molecule has 0 unspecified atom stereocenters. The molecule has 1 aromatic heterocycles. The number of nitrogens with one attached hydrogen (secondary N) is 1. The van der Waals surface area contributed by atoms with Crippen LogP contribution in [-0.2, 0) is 22.6 Å². The number of urea groups is 1. The lowest BCUT2D eigenvalue weighted by Gasteiger charge is -2.32. The highest BCUT2D eigenvalue weighted by atomic mass is 16.5. The van der Waals surface area contributed by atoms with Gasteiger partial charge >= 0.3 is 6.03 Å². The van der Waals surface area contributed by atoms with E-state index in [1.54, 1.807) is 25.4 Å². The van der Waals surface area contributed by atoms with Crippen molar-refractivity contribution < 1.29 is 14.3 Å². The third-order valence-corrected chi connectivity index (χ3v) is 5.26. The van der Waals surface area contributed by atoms with Gasteiger partial charge in [0.15, 0.2) is 5.82 Å². The molecule has 0 bridgehead atoms. The lowest BCUT2D eigenvalue weighted by molar-refractivity contribution is -0.0246. The maximum Gasteiger partial charge on any atom is 0.317 e. The molecule has 3 rings (SSSR count). The van der Waals surface area contributed by atoms with Gasteiger partial charge in [-0.1, -0.05) is 19.3 Å². The zero-order valence-corrected chi connectivity index (χ0v) is 15.2. The van der Waals surface area contributed by atoms with Crippen LogP contribution in [0.15, 0.2) is 6.33 Å². The Kier molecular flexibility index (Phi) is 5.90. The lowest BCUT2D eigenvalue weighted by atomic mass is 9.82. The summed E-state index contributed by atoms with van der Waals surface area (Å²) in [7, 11) is 3.43. The topological polar surface area (TPSA) is 81.5 Å². The highest BCUT2D eigenvalue weighted by molar-refractivity contribution is 5.74. The minimum Gasteiger partial charge on any atom is -0.383 e. The van der Waals surface area contributed by atoms with Crippen LogP contribution >= 0.6 is 0 Å². The Labute approximate surface area is 148 Å². The van der Waals surface area contributed by atoms with Crippen molar-refractivity contribution >= 4 is 6.03 Å². The lowest BCUT2D eigenvalue weighted by Crippen LogP contribution is -2.44. The molecule has 1 aliphatic carbocycles. The van der Waals surface area contributed by atoms with Crippen LogP contribution in [0.2, 0.25) is 0 Å². The molecule has 2 fully saturated rings. The molecule has 1 aliphatic heterocycles. The largest absolute Gasteiger partial charge is 0.383 e. The molecule has 8 heteroatoms. The number of amides is 2. The first-order valence-corrected chi connectivity index (χ1v) is 9.13. The van der Waals surface area contributed by atoms with Gasteiger partial charge in [0.05, 0.1) is 31.4 Å². The average molecular weight is 351 g/mol. The van der Waals surface area contributed by atoms with Crippen LogP contribution in [-0.4, -0.2) is 64.7 Å². The minimum absolute atomic E-state index is 0.00902. The number of ether oxygens (including phenoxy) is 2. The normalized spacial score (nSPS) is 22.2. The van der Waals surface area contributed by atoms with Gasteiger partial charge in [0.25, 0.3) is 0 Å². The van der Waals surface area contributed by atoms with Crippen molar-refractivity contribution in [2.24, 2.45) is 0 Å². The van der Waals surface area contributed by atoms with E-state index in [1.165, 1.54) is 19.3 Å². The number of rotatable bonds is 6. The molecule has 25 heavy (non-hydrogen) atoms. The fourth-order valence-corrected chi connectivity index (χ4v) is 3.83. The van der Waals surface area contributed by atoms with Crippen molar-refractivity contribution in [1.82, 2.24) is 25.0 Å². The van der Waals surface area contributed by atoms with Gasteiger partial charge in [0.1, 0.15) is 6.33 Å². The number of carbonyl (C=O) groups is 1. The van der Waals surface area contributed by atoms with E-state index in [0.717, 1.165) is 25.1 Å². The molecule has 2 heterocycles. The molecular formula is C17H29N5O3. The number of hydrogen-bond acceptors (Lipinski definition) is 5. The maximum atomic E-state index is 12.5. The summed E-state index contributed by atoms with van der Waals surface area (Å²) in [6.07, 6.45) is 8.61. The summed E-state index contributed by atoms with van der Waals surface area (Å²) in [4.78, 5) is 14.1.